The van der Waals surface area contributed by atoms with Gasteiger partial charge in [-0.3, -0.25) is 9.88 Å². The SMILES string of the molecule is CN(Cc1ccccn1)C(CN)c1ccccc1Cl. The maximum atomic E-state index is 6.25. The van der Waals surface area contributed by atoms with Crippen molar-refractivity contribution in [2.24, 2.45) is 5.73 Å². The Balaban J connectivity index is 2.16. The van der Waals surface area contributed by atoms with Gasteiger partial charge >= 0.3 is 0 Å². The molecule has 2 aromatic rings. The van der Waals surface area contributed by atoms with E-state index in [4.69, 9.17) is 17.3 Å². The van der Waals surface area contributed by atoms with Gasteiger partial charge in [0, 0.05) is 30.4 Å². The summed E-state index contributed by atoms with van der Waals surface area (Å²) in [6, 6.07) is 13.8. The Labute approximate surface area is 119 Å². The Bertz CT molecular complexity index is 516. The molecule has 100 valence electrons. The third-order valence-electron chi connectivity index (χ3n) is 3.16. The van der Waals surface area contributed by atoms with Crippen LogP contribution in [-0.4, -0.2) is 23.5 Å². The van der Waals surface area contributed by atoms with E-state index in [1.165, 1.54) is 0 Å². The molecule has 19 heavy (non-hydrogen) atoms. The molecule has 0 amide bonds. The van der Waals surface area contributed by atoms with Crippen LogP contribution in [0.2, 0.25) is 5.02 Å². The highest BCUT2D eigenvalue weighted by Crippen LogP contribution is 2.26. The second-order valence-corrected chi connectivity index (χ2v) is 4.92. The summed E-state index contributed by atoms with van der Waals surface area (Å²) in [6.45, 7) is 1.26. The topological polar surface area (TPSA) is 42.2 Å². The summed E-state index contributed by atoms with van der Waals surface area (Å²) in [6.07, 6.45) is 1.80. The standard InChI is InChI=1S/C15H18ClN3/c1-19(11-12-6-4-5-9-18-12)15(10-17)13-7-2-3-8-14(13)16/h2-9,15H,10-11,17H2,1H3. The summed E-state index contributed by atoms with van der Waals surface area (Å²) >= 11 is 6.25. The first kappa shape index (κ1) is 14.0. The minimum absolute atomic E-state index is 0.0932. The Morgan fingerprint density at radius 1 is 1.21 bits per heavy atom. The highest BCUT2D eigenvalue weighted by Gasteiger charge is 2.18. The number of aromatic nitrogens is 1. The normalized spacial score (nSPS) is 12.6. The molecule has 0 radical (unpaired) electrons. The van der Waals surface area contributed by atoms with E-state index in [1.807, 2.05) is 49.5 Å². The molecule has 1 heterocycles. The maximum Gasteiger partial charge on any atom is 0.0544 e. The van der Waals surface area contributed by atoms with Crippen molar-refractivity contribution in [1.29, 1.82) is 0 Å². The molecule has 0 spiro atoms. The highest BCUT2D eigenvalue weighted by atomic mass is 35.5. The second-order valence-electron chi connectivity index (χ2n) is 4.51. The summed E-state index contributed by atoms with van der Waals surface area (Å²) < 4.78 is 0. The smallest absolute Gasteiger partial charge is 0.0544 e. The zero-order valence-corrected chi connectivity index (χ0v) is 11.7. The van der Waals surface area contributed by atoms with Crippen LogP contribution in [0.5, 0.6) is 0 Å². The molecule has 3 nitrogen and oxygen atoms in total. The molecule has 0 fully saturated rings. The third-order valence-corrected chi connectivity index (χ3v) is 3.50. The van der Waals surface area contributed by atoms with Gasteiger partial charge in [-0.1, -0.05) is 35.9 Å². The number of halogens is 1. The lowest BCUT2D eigenvalue weighted by atomic mass is 10.1. The molecular formula is C15H18ClN3. The molecule has 1 unspecified atom stereocenters. The van der Waals surface area contributed by atoms with Crippen LogP contribution in [0.4, 0.5) is 0 Å². The Morgan fingerprint density at radius 2 is 1.95 bits per heavy atom. The van der Waals surface area contributed by atoms with E-state index in [9.17, 15) is 0 Å². The summed E-state index contributed by atoms with van der Waals surface area (Å²) in [4.78, 5) is 6.51. The molecule has 1 atom stereocenters. The van der Waals surface area contributed by atoms with Gasteiger partial charge in [-0.15, -0.1) is 0 Å². The molecule has 1 aromatic carbocycles. The molecule has 2 N–H and O–H groups in total. The molecule has 4 heteroatoms. The van der Waals surface area contributed by atoms with Gasteiger partial charge in [0.2, 0.25) is 0 Å². The molecule has 0 saturated heterocycles. The lowest BCUT2D eigenvalue weighted by Gasteiger charge is -2.27. The zero-order chi connectivity index (χ0) is 13.7. The van der Waals surface area contributed by atoms with Gasteiger partial charge in [-0.05, 0) is 30.8 Å². The van der Waals surface area contributed by atoms with Crippen molar-refractivity contribution in [3.63, 3.8) is 0 Å². The molecule has 0 aliphatic rings. The predicted molar refractivity (Wildman–Crippen MR) is 79.0 cm³/mol. The second kappa shape index (κ2) is 6.66. The number of hydrogen-bond donors (Lipinski definition) is 1. The van der Waals surface area contributed by atoms with Crippen molar-refractivity contribution < 1.29 is 0 Å². The van der Waals surface area contributed by atoms with Gasteiger partial charge in [0.25, 0.3) is 0 Å². The van der Waals surface area contributed by atoms with E-state index < -0.39 is 0 Å². The third kappa shape index (κ3) is 3.53. The number of rotatable bonds is 5. The van der Waals surface area contributed by atoms with Crippen LogP contribution in [0, 0.1) is 0 Å². The minimum atomic E-state index is 0.0932. The number of likely N-dealkylation sites (N-methyl/N-ethyl adjacent to an activating group) is 1. The fourth-order valence-electron chi connectivity index (χ4n) is 2.15. The summed E-state index contributed by atoms with van der Waals surface area (Å²) in [5.74, 6) is 0. The molecule has 0 aliphatic heterocycles. The molecule has 0 saturated carbocycles. The van der Waals surface area contributed by atoms with Crippen molar-refractivity contribution in [1.82, 2.24) is 9.88 Å². The van der Waals surface area contributed by atoms with Crippen molar-refractivity contribution in [3.8, 4) is 0 Å². The van der Waals surface area contributed by atoms with Gasteiger partial charge in [0.05, 0.1) is 5.69 Å². The van der Waals surface area contributed by atoms with E-state index >= 15 is 0 Å². The van der Waals surface area contributed by atoms with E-state index in [0.29, 0.717) is 6.54 Å². The Hall–Kier alpha value is -1.42. The van der Waals surface area contributed by atoms with Crippen LogP contribution in [-0.2, 0) is 6.54 Å². The van der Waals surface area contributed by atoms with Crippen molar-refractivity contribution in [2.45, 2.75) is 12.6 Å². The van der Waals surface area contributed by atoms with Crippen molar-refractivity contribution >= 4 is 11.6 Å². The zero-order valence-electron chi connectivity index (χ0n) is 11.0. The summed E-state index contributed by atoms with van der Waals surface area (Å²) in [5.41, 5.74) is 7.99. The average molecular weight is 276 g/mol. The largest absolute Gasteiger partial charge is 0.329 e. The van der Waals surface area contributed by atoms with E-state index in [-0.39, 0.29) is 6.04 Å². The minimum Gasteiger partial charge on any atom is -0.329 e. The fraction of sp³-hybridized carbons (Fsp3) is 0.267. The summed E-state index contributed by atoms with van der Waals surface area (Å²) in [7, 11) is 2.04. The number of benzene rings is 1. The highest BCUT2D eigenvalue weighted by molar-refractivity contribution is 6.31. The van der Waals surface area contributed by atoms with Gasteiger partial charge in [0.1, 0.15) is 0 Å². The van der Waals surface area contributed by atoms with Crippen LogP contribution < -0.4 is 5.73 Å². The molecule has 0 aliphatic carbocycles. The van der Waals surface area contributed by atoms with Gasteiger partial charge < -0.3 is 5.73 Å². The van der Waals surface area contributed by atoms with Crippen LogP contribution in [0.25, 0.3) is 0 Å². The Morgan fingerprint density at radius 3 is 2.58 bits per heavy atom. The van der Waals surface area contributed by atoms with E-state index in [1.54, 1.807) is 6.20 Å². The lowest BCUT2D eigenvalue weighted by molar-refractivity contribution is 0.239. The van der Waals surface area contributed by atoms with Crippen LogP contribution in [0.15, 0.2) is 48.7 Å². The van der Waals surface area contributed by atoms with Crippen molar-refractivity contribution in [2.75, 3.05) is 13.6 Å². The maximum absolute atomic E-state index is 6.25. The number of nitrogens with two attached hydrogens (primary N) is 1. The van der Waals surface area contributed by atoms with Crippen LogP contribution >= 0.6 is 11.6 Å². The molecular weight excluding hydrogens is 258 g/mol. The van der Waals surface area contributed by atoms with Crippen LogP contribution in [0.3, 0.4) is 0 Å². The van der Waals surface area contributed by atoms with Crippen LogP contribution in [0.1, 0.15) is 17.3 Å². The van der Waals surface area contributed by atoms with Gasteiger partial charge in [0.15, 0.2) is 0 Å². The number of nitrogens with zero attached hydrogens (tertiary/aromatic N) is 2. The first-order valence-corrected chi connectivity index (χ1v) is 6.65. The first-order chi connectivity index (χ1) is 9.22. The lowest BCUT2D eigenvalue weighted by Crippen LogP contribution is -2.30. The number of hydrogen-bond acceptors (Lipinski definition) is 3. The summed E-state index contributed by atoms with van der Waals surface area (Å²) in [5, 5.41) is 0.755. The number of pyridine rings is 1. The fourth-order valence-corrected chi connectivity index (χ4v) is 2.41. The molecule has 0 bridgehead atoms. The predicted octanol–water partition coefficient (Wildman–Crippen LogP) is 2.87. The van der Waals surface area contributed by atoms with E-state index in [2.05, 4.69) is 9.88 Å². The first-order valence-electron chi connectivity index (χ1n) is 6.27. The quantitative estimate of drug-likeness (QED) is 0.912. The van der Waals surface area contributed by atoms with Gasteiger partial charge in [-0.25, -0.2) is 0 Å². The molecule has 2 rings (SSSR count). The Kier molecular flexibility index (Phi) is 4.91. The van der Waals surface area contributed by atoms with Gasteiger partial charge in [-0.2, -0.15) is 0 Å². The van der Waals surface area contributed by atoms with Crippen molar-refractivity contribution in [3.05, 3.63) is 64.9 Å². The monoisotopic (exact) mass is 275 g/mol. The average Bonchev–Trinajstić information content (AvgIpc) is 2.43. The van der Waals surface area contributed by atoms with E-state index in [0.717, 1.165) is 22.8 Å². The molecule has 1 aromatic heterocycles.